The Hall–Kier alpha value is -1.95. The SMILES string of the molecule is CNc1cnc(C(=O)NC(C)c2ccc(C)s2)cn1. The van der Waals surface area contributed by atoms with Crippen LogP contribution in [0.15, 0.2) is 24.5 Å². The zero-order valence-electron chi connectivity index (χ0n) is 11.1. The highest BCUT2D eigenvalue weighted by Crippen LogP contribution is 2.22. The third-order valence-electron chi connectivity index (χ3n) is 2.68. The number of hydrogen-bond acceptors (Lipinski definition) is 5. The lowest BCUT2D eigenvalue weighted by Gasteiger charge is -2.11. The van der Waals surface area contributed by atoms with Crippen LogP contribution in [0.1, 0.15) is 33.2 Å². The number of aromatic nitrogens is 2. The van der Waals surface area contributed by atoms with Crippen LogP contribution in [0.3, 0.4) is 0 Å². The molecular formula is C13H16N4OS. The number of aryl methyl sites for hydroxylation is 1. The molecule has 1 amide bonds. The van der Waals surface area contributed by atoms with Crippen LogP contribution < -0.4 is 10.6 Å². The maximum Gasteiger partial charge on any atom is 0.271 e. The van der Waals surface area contributed by atoms with Gasteiger partial charge in [-0.1, -0.05) is 0 Å². The van der Waals surface area contributed by atoms with Crippen molar-refractivity contribution in [3.63, 3.8) is 0 Å². The monoisotopic (exact) mass is 276 g/mol. The molecule has 0 aliphatic carbocycles. The average molecular weight is 276 g/mol. The van der Waals surface area contributed by atoms with Gasteiger partial charge in [-0.15, -0.1) is 11.3 Å². The van der Waals surface area contributed by atoms with Gasteiger partial charge in [0.25, 0.3) is 5.91 Å². The fourth-order valence-corrected chi connectivity index (χ4v) is 2.48. The van der Waals surface area contributed by atoms with Crippen LogP contribution in [0.25, 0.3) is 0 Å². The first kappa shape index (κ1) is 13.5. The summed E-state index contributed by atoms with van der Waals surface area (Å²) in [4.78, 5) is 22.5. The van der Waals surface area contributed by atoms with E-state index in [1.54, 1.807) is 18.4 Å². The molecule has 2 rings (SSSR count). The lowest BCUT2D eigenvalue weighted by molar-refractivity contribution is 0.0935. The molecule has 0 spiro atoms. The van der Waals surface area contributed by atoms with Crippen molar-refractivity contribution in [2.24, 2.45) is 0 Å². The van der Waals surface area contributed by atoms with Crippen molar-refractivity contribution in [2.45, 2.75) is 19.9 Å². The molecule has 0 radical (unpaired) electrons. The van der Waals surface area contributed by atoms with E-state index in [0.717, 1.165) is 4.88 Å². The standard InChI is InChI=1S/C13H16N4OS/c1-8-4-5-11(19-8)9(2)17-13(18)10-6-16-12(14-3)7-15-10/h4-7,9H,1-3H3,(H,14,16)(H,17,18). The lowest BCUT2D eigenvalue weighted by atomic mass is 10.2. The molecule has 2 heterocycles. The summed E-state index contributed by atoms with van der Waals surface area (Å²) >= 11 is 1.68. The van der Waals surface area contributed by atoms with Crippen LogP contribution in [-0.2, 0) is 0 Å². The molecule has 2 aromatic heterocycles. The molecular weight excluding hydrogens is 260 g/mol. The van der Waals surface area contributed by atoms with Gasteiger partial charge < -0.3 is 10.6 Å². The van der Waals surface area contributed by atoms with Gasteiger partial charge in [0.05, 0.1) is 18.4 Å². The Morgan fingerprint density at radius 2 is 2.11 bits per heavy atom. The fourth-order valence-electron chi connectivity index (χ4n) is 1.60. The summed E-state index contributed by atoms with van der Waals surface area (Å²) < 4.78 is 0. The highest BCUT2D eigenvalue weighted by Gasteiger charge is 2.14. The Bertz CT molecular complexity index is 564. The van der Waals surface area contributed by atoms with Crippen molar-refractivity contribution in [1.82, 2.24) is 15.3 Å². The van der Waals surface area contributed by atoms with E-state index in [9.17, 15) is 4.79 Å². The van der Waals surface area contributed by atoms with Crippen molar-refractivity contribution >= 4 is 23.1 Å². The largest absolute Gasteiger partial charge is 0.372 e. The Labute approximate surface area is 116 Å². The summed E-state index contributed by atoms with van der Waals surface area (Å²) in [6.45, 7) is 4.00. The van der Waals surface area contributed by atoms with Crippen LogP contribution in [0.2, 0.25) is 0 Å². The maximum absolute atomic E-state index is 12.0. The zero-order valence-corrected chi connectivity index (χ0v) is 11.9. The highest BCUT2D eigenvalue weighted by atomic mass is 32.1. The smallest absolute Gasteiger partial charge is 0.271 e. The Morgan fingerprint density at radius 3 is 2.63 bits per heavy atom. The number of amides is 1. The van der Waals surface area contributed by atoms with Gasteiger partial charge >= 0.3 is 0 Å². The number of nitrogens with zero attached hydrogens (tertiary/aromatic N) is 2. The van der Waals surface area contributed by atoms with Gasteiger partial charge in [0.1, 0.15) is 11.5 Å². The number of thiophene rings is 1. The molecule has 19 heavy (non-hydrogen) atoms. The van der Waals surface area contributed by atoms with Crippen LogP contribution in [0.4, 0.5) is 5.82 Å². The van der Waals surface area contributed by atoms with E-state index in [4.69, 9.17) is 0 Å². The van der Waals surface area contributed by atoms with E-state index in [1.165, 1.54) is 17.3 Å². The number of anilines is 1. The first-order valence-corrected chi connectivity index (χ1v) is 6.79. The first-order chi connectivity index (χ1) is 9.10. The second-order valence-corrected chi connectivity index (χ2v) is 5.50. The minimum atomic E-state index is -0.214. The quantitative estimate of drug-likeness (QED) is 0.899. The van der Waals surface area contributed by atoms with E-state index >= 15 is 0 Å². The van der Waals surface area contributed by atoms with Gasteiger partial charge in [-0.05, 0) is 26.0 Å². The number of nitrogens with one attached hydrogen (secondary N) is 2. The van der Waals surface area contributed by atoms with Crippen LogP contribution in [0, 0.1) is 6.92 Å². The normalized spacial score (nSPS) is 11.9. The molecule has 0 aromatic carbocycles. The summed E-state index contributed by atoms with van der Waals surface area (Å²) in [5, 5.41) is 5.77. The zero-order chi connectivity index (χ0) is 13.8. The molecule has 0 saturated heterocycles. The summed E-state index contributed by atoms with van der Waals surface area (Å²) in [5.41, 5.74) is 0.319. The molecule has 0 aliphatic heterocycles. The maximum atomic E-state index is 12.0. The number of hydrogen-bond donors (Lipinski definition) is 2. The Morgan fingerprint density at radius 1 is 1.32 bits per heavy atom. The van der Waals surface area contributed by atoms with Crippen LogP contribution in [-0.4, -0.2) is 22.9 Å². The van der Waals surface area contributed by atoms with Gasteiger partial charge in [-0.25, -0.2) is 9.97 Å². The van der Waals surface area contributed by atoms with E-state index in [0.29, 0.717) is 11.5 Å². The van der Waals surface area contributed by atoms with Crippen molar-refractivity contribution in [3.05, 3.63) is 40.0 Å². The first-order valence-electron chi connectivity index (χ1n) is 5.97. The van der Waals surface area contributed by atoms with Crippen molar-refractivity contribution in [2.75, 3.05) is 12.4 Å². The molecule has 0 bridgehead atoms. The predicted octanol–water partition coefficient (Wildman–Crippen LogP) is 2.38. The van der Waals surface area contributed by atoms with Gasteiger partial charge in [0.2, 0.25) is 0 Å². The minimum Gasteiger partial charge on any atom is -0.372 e. The molecule has 0 aliphatic rings. The minimum absolute atomic E-state index is 0.0306. The molecule has 1 unspecified atom stereocenters. The second-order valence-electron chi connectivity index (χ2n) is 4.18. The predicted molar refractivity (Wildman–Crippen MR) is 76.5 cm³/mol. The third-order valence-corrected chi connectivity index (χ3v) is 3.86. The van der Waals surface area contributed by atoms with Gasteiger partial charge in [0.15, 0.2) is 0 Å². The van der Waals surface area contributed by atoms with Crippen LogP contribution in [0.5, 0.6) is 0 Å². The molecule has 5 nitrogen and oxygen atoms in total. The van der Waals surface area contributed by atoms with E-state index in [2.05, 4.69) is 20.6 Å². The molecule has 1 atom stereocenters. The molecule has 0 saturated carbocycles. The molecule has 2 aromatic rings. The van der Waals surface area contributed by atoms with Gasteiger partial charge in [-0.2, -0.15) is 0 Å². The fraction of sp³-hybridized carbons (Fsp3) is 0.308. The number of carbonyl (C=O) groups excluding carboxylic acids is 1. The lowest BCUT2D eigenvalue weighted by Crippen LogP contribution is -2.27. The van der Waals surface area contributed by atoms with Gasteiger partial charge in [-0.3, -0.25) is 4.79 Å². The van der Waals surface area contributed by atoms with Crippen LogP contribution >= 0.6 is 11.3 Å². The van der Waals surface area contributed by atoms with Crippen molar-refractivity contribution < 1.29 is 4.79 Å². The van der Waals surface area contributed by atoms with E-state index in [1.807, 2.05) is 26.0 Å². The third kappa shape index (κ3) is 3.29. The average Bonchev–Trinajstić information content (AvgIpc) is 2.85. The van der Waals surface area contributed by atoms with E-state index in [-0.39, 0.29) is 11.9 Å². The Kier molecular flexibility index (Phi) is 4.11. The molecule has 100 valence electrons. The summed E-state index contributed by atoms with van der Waals surface area (Å²) in [5.74, 6) is 0.423. The highest BCUT2D eigenvalue weighted by molar-refractivity contribution is 7.12. The molecule has 2 N–H and O–H groups in total. The topological polar surface area (TPSA) is 66.9 Å². The number of carbonyl (C=O) groups is 1. The van der Waals surface area contributed by atoms with Crippen molar-refractivity contribution in [3.8, 4) is 0 Å². The number of rotatable bonds is 4. The van der Waals surface area contributed by atoms with E-state index < -0.39 is 0 Å². The van der Waals surface area contributed by atoms with Gasteiger partial charge in [0, 0.05) is 16.8 Å². The molecule has 0 fully saturated rings. The van der Waals surface area contributed by atoms with Crippen molar-refractivity contribution in [1.29, 1.82) is 0 Å². The Balaban J connectivity index is 2.03. The second kappa shape index (κ2) is 5.79. The summed E-state index contributed by atoms with van der Waals surface area (Å²) in [6, 6.07) is 4.04. The summed E-state index contributed by atoms with van der Waals surface area (Å²) in [7, 11) is 1.75. The molecule has 6 heteroatoms. The summed E-state index contributed by atoms with van der Waals surface area (Å²) in [6.07, 6.45) is 3.00.